The highest BCUT2D eigenvalue weighted by molar-refractivity contribution is 7.75. The molecule has 11 atom stereocenters. The van der Waals surface area contributed by atoms with E-state index in [2.05, 4.69) is 33.7 Å². The van der Waals surface area contributed by atoms with Gasteiger partial charge < -0.3 is 14.4 Å². The molecule has 29 heavy (non-hydrogen) atoms. The molecule has 3 nitrogen and oxygen atoms in total. The minimum Gasteiger partial charge on any atom is -0.393 e. The molecule has 4 heteroatoms. The third kappa shape index (κ3) is 3.72. The molecule has 6 unspecified atom stereocenters. The fourth-order valence-corrected chi connectivity index (χ4v) is 9.23. The number of hydrogen-bond acceptors (Lipinski definition) is 4. The molecule has 0 saturated heterocycles. The van der Waals surface area contributed by atoms with Crippen molar-refractivity contribution in [3.63, 3.8) is 0 Å². The van der Waals surface area contributed by atoms with Crippen LogP contribution in [0.5, 0.6) is 0 Å². The van der Waals surface area contributed by atoms with E-state index in [1.54, 1.807) is 0 Å². The predicted octanol–water partition coefficient (Wildman–Crippen LogP) is 5.64. The summed E-state index contributed by atoms with van der Waals surface area (Å²) < 4.78 is 5.40. The van der Waals surface area contributed by atoms with E-state index in [0.29, 0.717) is 23.2 Å². The van der Waals surface area contributed by atoms with Gasteiger partial charge >= 0.3 is 0 Å². The summed E-state index contributed by atoms with van der Waals surface area (Å²) in [5, 5.41) is 21.0. The van der Waals surface area contributed by atoms with Crippen LogP contribution in [0.1, 0.15) is 91.9 Å². The molecular formula is C25H44O3S. The van der Waals surface area contributed by atoms with Crippen LogP contribution in [-0.2, 0) is 4.18 Å². The Morgan fingerprint density at radius 3 is 2.31 bits per heavy atom. The summed E-state index contributed by atoms with van der Waals surface area (Å²) in [5.74, 6) is 4.07. The Balaban J connectivity index is 1.53. The van der Waals surface area contributed by atoms with Gasteiger partial charge in [-0.05, 0) is 130 Å². The Morgan fingerprint density at radius 2 is 1.62 bits per heavy atom. The molecule has 0 aromatic carbocycles. The van der Waals surface area contributed by atoms with Crippen molar-refractivity contribution < 1.29 is 14.4 Å². The van der Waals surface area contributed by atoms with Gasteiger partial charge in [0.1, 0.15) is 0 Å². The number of rotatable bonds is 5. The number of fused-ring (bicyclic) bond motifs is 5. The van der Waals surface area contributed by atoms with Gasteiger partial charge in [0, 0.05) is 0 Å². The second kappa shape index (κ2) is 8.30. The van der Waals surface area contributed by atoms with Crippen molar-refractivity contribution in [2.45, 2.75) is 110 Å². The second-order valence-electron chi connectivity index (χ2n) is 11.9. The van der Waals surface area contributed by atoms with Crippen molar-refractivity contribution in [3.05, 3.63) is 0 Å². The molecule has 0 amide bonds. The molecule has 0 aromatic rings. The number of thiol groups is 1. The zero-order chi connectivity index (χ0) is 21.0. The molecule has 2 N–H and O–H groups in total. The molecular weight excluding hydrogens is 380 g/mol. The van der Waals surface area contributed by atoms with Crippen LogP contribution in [0.4, 0.5) is 0 Å². The van der Waals surface area contributed by atoms with E-state index in [1.807, 2.05) is 6.92 Å². The number of aliphatic hydroxyl groups excluding tert-OH is 2. The van der Waals surface area contributed by atoms with Crippen molar-refractivity contribution in [3.8, 4) is 0 Å². The molecule has 4 rings (SSSR count). The lowest BCUT2D eigenvalue weighted by Gasteiger charge is -2.62. The highest BCUT2D eigenvalue weighted by atomic mass is 32.1. The summed E-state index contributed by atoms with van der Waals surface area (Å²) in [6.45, 7) is 9.42. The first-order valence-electron chi connectivity index (χ1n) is 12.4. The lowest BCUT2D eigenvalue weighted by molar-refractivity contribution is -0.169. The van der Waals surface area contributed by atoms with Crippen LogP contribution in [0.2, 0.25) is 0 Å². The third-order valence-corrected chi connectivity index (χ3v) is 10.9. The molecule has 4 saturated carbocycles. The summed E-state index contributed by atoms with van der Waals surface area (Å²) in [7, 11) is 0. The van der Waals surface area contributed by atoms with Crippen LogP contribution in [0, 0.1) is 46.3 Å². The average Bonchev–Trinajstić information content (AvgIpc) is 3.03. The standard InChI is InChI=1S/C25H44O3S/c1-15(5-6-16(2)26)19-7-8-20-18-14-23(27)22-13-17(28-29)9-11-25(22,4)21(18)10-12-24(19,20)3/h15-23,26-27,29H,5-14H2,1-4H3/t15?,16?,17-,18?,19?,20?,21?,22+,23+,24-,25-/m1/s1. The summed E-state index contributed by atoms with van der Waals surface area (Å²) in [6, 6.07) is 0. The summed E-state index contributed by atoms with van der Waals surface area (Å²) >= 11 is 4.09. The summed E-state index contributed by atoms with van der Waals surface area (Å²) in [6.07, 6.45) is 11.6. The minimum atomic E-state index is -0.181. The van der Waals surface area contributed by atoms with Crippen molar-refractivity contribution in [1.29, 1.82) is 0 Å². The predicted molar refractivity (Wildman–Crippen MR) is 121 cm³/mol. The Labute approximate surface area is 184 Å². The van der Waals surface area contributed by atoms with Gasteiger partial charge in [0.25, 0.3) is 0 Å². The molecule has 168 valence electrons. The first kappa shape index (κ1) is 22.4. The molecule has 0 aromatic heterocycles. The maximum Gasteiger partial charge on any atom is 0.0723 e. The van der Waals surface area contributed by atoms with E-state index < -0.39 is 0 Å². The minimum absolute atomic E-state index is 0.179. The quantitative estimate of drug-likeness (QED) is 0.395. The van der Waals surface area contributed by atoms with Crippen LogP contribution in [-0.4, -0.2) is 28.5 Å². The highest BCUT2D eigenvalue weighted by Crippen LogP contribution is 2.68. The van der Waals surface area contributed by atoms with Gasteiger partial charge in [-0.3, -0.25) is 0 Å². The summed E-state index contributed by atoms with van der Waals surface area (Å²) in [4.78, 5) is 0. The van der Waals surface area contributed by atoms with Gasteiger partial charge in [0.15, 0.2) is 0 Å². The smallest absolute Gasteiger partial charge is 0.0723 e. The van der Waals surface area contributed by atoms with E-state index in [-0.39, 0.29) is 23.7 Å². The first-order valence-corrected chi connectivity index (χ1v) is 12.7. The molecule has 0 radical (unpaired) electrons. The molecule has 4 fully saturated rings. The molecule has 0 heterocycles. The van der Waals surface area contributed by atoms with Gasteiger partial charge in [-0.2, -0.15) is 0 Å². The van der Waals surface area contributed by atoms with Gasteiger partial charge in [-0.25, -0.2) is 0 Å². The normalized spacial score (nSPS) is 51.6. The molecule has 4 aliphatic carbocycles. The lowest BCUT2D eigenvalue weighted by atomic mass is 9.44. The number of hydrogen-bond donors (Lipinski definition) is 3. The SMILES string of the molecule is CC(O)CCC(C)C1CCC2C3C[C@H](O)[C@@H]4C[C@H](OS)CC[C@]4(C)C3CC[C@]12C. The Kier molecular flexibility index (Phi) is 6.42. The van der Waals surface area contributed by atoms with Crippen LogP contribution < -0.4 is 0 Å². The first-order chi connectivity index (χ1) is 13.7. The van der Waals surface area contributed by atoms with Crippen molar-refractivity contribution in [2.24, 2.45) is 46.3 Å². The Bertz CT molecular complexity index is 582. The highest BCUT2D eigenvalue weighted by Gasteiger charge is 2.62. The van der Waals surface area contributed by atoms with Gasteiger partial charge in [-0.15, -0.1) is 0 Å². The van der Waals surface area contributed by atoms with Crippen LogP contribution in [0.25, 0.3) is 0 Å². The fraction of sp³-hybridized carbons (Fsp3) is 1.00. The topological polar surface area (TPSA) is 49.7 Å². The van der Waals surface area contributed by atoms with Gasteiger partial charge in [-0.1, -0.05) is 20.8 Å². The largest absolute Gasteiger partial charge is 0.393 e. The van der Waals surface area contributed by atoms with Crippen molar-refractivity contribution in [2.75, 3.05) is 0 Å². The summed E-state index contributed by atoms with van der Waals surface area (Å²) in [5.41, 5.74) is 0.691. The van der Waals surface area contributed by atoms with E-state index in [0.717, 1.165) is 49.9 Å². The van der Waals surface area contributed by atoms with Gasteiger partial charge in [0.05, 0.1) is 18.3 Å². The molecule has 0 bridgehead atoms. The molecule has 0 spiro atoms. The van der Waals surface area contributed by atoms with E-state index in [1.165, 1.54) is 32.1 Å². The average molecular weight is 425 g/mol. The molecule has 0 aliphatic heterocycles. The zero-order valence-corrected chi connectivity index (χ0v) is 19.9. The second-order valence-corrected chi connectivity index (χ2v) is 12.1. The van der Waals surface area contributed by atoms with Crippen LogP contribution in [0.3, 0.4) is 0 Å². The molecule has 4 aliphatic rings. The third-order valence-electron chi connectivity index (χ3n) is 10.6. The van der Waals surface area contributed by atoms with Crippen molar-refractivity contribution >= 4 is 12.9 Å². The zero-order valence-electron chi connectivity index (χ0n) is 19.0. The van der Waals surface area contributed by atoms with Crippen LogP contribution >= 0.6 is 12.9 Å². The van der Waals surface area contributed by atoms with E-state index >= 15 is 0 Å². The Hall–Kier alpha value is 0.230. The lowest BCUT2D eigenvalue weighted by Crippen LogP contribution is -2.58. The van der Waals surface area contributed by atoms with Crippen LogP contribution in [0.15, 0.2) is 0 Å². The van der Waals surface area contributed by atoms with Crippen molar-refractivity contribution in [1.82, 2.24) is 0 Å². The fourth-order valence-electron chi connectivity index (χ4n) is 9.04. The number of aliphatic hydroxyl groups is 2. The maximum atomic E-state index is 11.2. The van der Waals surface area contributed by atoms with E-state index in [4.69, 9.17) is 4.18 Å². The van der Waals surface area contributed by atoms with E-state index in [9.17, 15) is 10.2 Å². The Morgan fingerprint density at radius 1 is 0.931 bits per heavy atom. The maximum absolute atomic E-state index is 11.2. The monoisotopic (exact) mass is 424 g/mol. The van der Waals surface area contributed by atoms with Gasteiger partial charge in [0.2, 0.25) is 0 Å².